The molecule has 0 aliphatic rings. The third kappa shape index (κ3) is 3.12. The van der Waals surface area contributed by atoms with E-state index in [9.17, 15) is 4.39 Å². The van der Waals surface area contributed by atoms with E-state index in [0.29, 0.717) is 12.2 Å². The normalized spacial score (nSPS) is 10.2. The van der Waals surface area contributed by atoms with Gasteiger partial charge >= 0.3 is 0 Å². The standard InChI is InChI=1S/C15H16FNO3/c1-19-12-4-6-15(20-2)10(7-12)9-17-11-3-5-14(18)13(16)8-11/h3-8,17-18H,9H2,1-2H3. The number of nitrogens with one attached hydrogen (secondary N) is 1. The van der Waals surface area contributed by atoms with Crippen LogP contribution in [0.1, 0.15) is 5.56 Å². The van der Waals surface area contributed by atoms with Gasteiger partial charge in [0.1, 0.15) is 11.5 Å². The first kappa shape index (κ1) is 14.0. The maximum Gasteiger partial charge on any atom is 0.166 e. The lowest BCUT2D eigenvalue weighted by molar-refractivity contribution is 0.399. The number of halogens is 1. The Labute approximate surface area is 116 Å². The van der Waals surface area contributed by atoms with Gasteiger partial charge in [0, 0.05) is 23.9 Å². The van der Waals surface area contributed by atoms with Crippen molar-refractivity contribution in [3.8, 4) is 17.2 Å². The van der Waals surface area contributed by atoms with Crippen LogP contribution in [-0.4, -0.2) is 19.3 Å². The molecule has 2 aromatic rings. The third-order valence-corrected chi connectivity index (χ3v) is 2.92. The molecule has 0 fully saturated rings. The van der Waals surface area contributed by atoms with E-state index in [0.717, 1.165) is 17.1 Å². The second-order valence-corrected chi connectivity index (χ2v) is 4.20. The van der Waals surface area contributed by atoms with Crippen LogP contribution in [0.25, 0.3) is 0 Å². The van der Waals surface area contributed by atoms with Crippen LogP contribution in [0.3, 0.4) is 0 Å². The quantitative estimate of drug-likeness (QED) is 0.824. The number of methoxy groups -OCH3 is 2. The molecule has 0 amide bonds. The van der Waals surface area contributed by atoms with E-state index in [1.807, 2.05) is 18.2 Å². The van der Waals surface area contributed by atoms with Crippen molar-refractivity contribution in [2.45, 2.75) is 6.54 Å². The van der Waals surface area contributed by atoms with Crippen LogP contribution in [0, 0.1) is 5.82 Å². The molecule has 0 bridgehead atoms. The minimum Gasteiger partial charge on any atom is -0.505 e. The van der Waals surface area contributed by atoms with Crippen LogP contribution in [-0.2, 0) is 6.54 Å². The van der Waals surface area contributed by atoms with Crippen LogP contribution in [0.15, 0.2) is 36.4 Å². The first-order chi connectivity index (χ1) is 9.63. The molecule has 0 saturated heterocycles. The number of rotatable bonds is 5. The van der Waals surface area contributed by atoms with E-state index in [4.69, 9.17) is 14.6 Å². The molecule has 0 unspecified atom stereocenters. The average molecular weight is 277 g/mol. The Morgan fingerprint density at radius 3 is 2.55 bits per heavy atom. The first-order valence-electron chi connectivity index (χ1n) is 6.07. The van der Waals surface area contributed by atoms with Gasteiger partial charge in [0.05, 0.1) is 14.2 Å². The second kappa shape index (κ2) is 6.14. The Kier molecular flexibility index (Phi) is 4.30. The molecule has 2 rings (SSSR count). The fourth-order valence-electron chi connectivity index (χ4n) is 1.83. The Balaban J connectivity index is 2.15. The van der Waals surface area contributed by atoms with Gasteiger partial charge in [-0.25, -0.2) is 4.39 Å². The summed E-state index contributed by atoms with van der Waals surface area (Å²) in [5.74, 6) is 0.416. The number of phenolic OH excluding ortho intramolecular Hbond substituents is 1. The van der Waals surface area contributed by atoms with Gasteiger partial charge in [-0.1, -0.05) is 0 Å². The van der Waals surface area contributed by atoms with E-state index in [2.05, 4.69) is 5.32 Å². The molecule has 0 atom stereocenters. The zero-order chi connectivity index (χ0) is 14.5. The minimum atomic E-state index is -0.660. The third-order valence-electron chi connectivity index (χ3n) is 2.92. The summed E-state index contributed by atoms with van der Waals surface area (Å²) in [5, 5.41) is 12.2. The van der Waals surface area contributed by atoms with Gasteiger partial charge in [-0.15, -0.1) is 0 Å². The average Bonchev–Trinajstić information content (AvgIpc) is 2.48. The highest BCUT2D eigenvalue weighted by molar-refractivity contribution is 5.49. The first-order valence-corrected chi connectivity index (χ1v) is 6.07. The van der Waals surface area contributed by atoms with E-state index >= 15 is 0 Å². The summed E-state index contributed by atoms with van der Waals surface area (Å²) in [7, 11) is 3.18. The van der Waals surface area contributed by atoms with Gasteiger partial charge in [-0.05, 0) is 30.3 Å². The number of ether oxygens (including phenoxy) is 2. The Hall–Kier alpha value is -2.43. The maximum atomic E-state index is 13.2. The number of benzene rings is 2. The predicted molar refractivity (Wildman–Crippen MR) is 74.9 cm³/mol. The number of hydrogen-bond donors (Lipinski definition) is 2. The van der Waals surface area contributed by atoms with Crippen molar-refractivity contribution in [1.82, 2.24) is 0 Å². The molecule has 0 radical (unpaired) electrons. The minimum absolute atomic E-state index is 0.366. The fourth-order valence-corrected chi connectivity index (χ4v) is 1.83. The molecule has 0 aliphatic carbocycles. The smallest absolute Gasteiger partial charge is 0.166 e. The van der Waals surface area contributed by atoms with Crippen molar-refractivity contribution in [3.05, 3.63) is 47.8 Å². The lowest BCUT2D eigenvalue weighted by Crippen LogP contribution is -2.02. The number of aromatic hydroxyl groups is 1. The summed E-state index contributed by atoms with van der Waals surface area (Å²) < 4.78 is 23.7. The van der Waals surface area contributed by atoms with Gasteiger partial charge in [0.25, 0.3) is 0 Å². The fraction of sp³-hybridized carbons (Fsp3) is 0.200. The number of hydrogen-bond acceptors (Lipinski definition) is 4. The lowest BCUT2D eigenvalue weighted by atomic mass is 10.1. The van der Waals surface area contributed by atoms with E-state index in [-0.39, 0.29) is 5.75 Å². The Morgan fingerprint density at radius 2 is 1.90 bits per heavy atom. The maximum absolute atomic E-state index is 13.2. The van der Waals surface area contributed by atoms with Crippen LogP contribution < -0.4 is 14.8 Å². The summed E-state index contributed by atoms with van der Waals surface area (Å²) >= 11 is 0. The molecule has 0 spiro atoms. The van der Waals surface area contributed by atoms with Crippen molar-refractivity contribution in [3.63, 3.8) is 0 Å². The van der Waals surface area contributed by atoms with Crippen LogP contribution in [0.4, 0.5) is 10.1 Å². The second-order valence-electron chi connectivity index (χ2n) is 4.20. The molecule has 2 aromatic carbocycles. The lowest BCUT2D eigenvalue weighted by Gasteiger charge is -2.12. The SMILES string of the molecule is COc1ccc(OC)c(CNc2ccc(O)c(F)c2)c1. The van der Waals surface area contributed by atoms with Crippen molar-refractivity contribution < 1.29 is 19.0 Å². The van der Waals surface area contributed by atoms with Gasteiger partial charge in [0.2, 0.25) is 0 Å². The topological polar surface area (TPSA) is 50.7 Å². The highest BCUT2D eigenvalue weighted by Crippen LogP contribution is 2.25. The van der Waals surface area contributed by atoms with Gasteiger partial charge < -0.3 is 19.9 Å². The van der Waals surface area contributed by atoms with Crippen LogP contribution in [0.5, 0.6) is 17.2 Å². The molecular weight excluding hydrogens is 261 g/mol. The van der Waals surface area contributed by atoms with Gasteiger partial charge in [0.15, 0.2) is 11.6 Å². The monoisotopic (exact) mass is 277 g/mol. The van der Waals surface area contributed by atoms with Crippen molar-refractivity contribution in [2.24, 2.45) is 0 Å². The Morgan fingerprint density at radius 1 is 1.10 bits per heavy atom. The van der Waals surface area contributed by atoms with Crippen molar-refractivity contribution in [2.75, 3.05) is 19.5 Å². The summed E-state index contributed by atoms with van der Waals surface area (Å²) in [6.45, 7) is 0.449. The summed E-state index contributed by atoms with van der Waals surface area (Å²) in [5.41, 5.74) is 1.46. The van der Waals surface area contributed by atoms with Crippen LogP contribution >= 0.6 is 0 Å². The molecule has 0 heterocycles. The predicted octanol–water partition coefficient (Wildman–Crippen LogP) is 3.16. The molecule has 5 heteroatoms. The zero-order valence-electron chi connectivity index (χ0n) is 11.3. The van der Waals surface area contributed by atoms with E-state index in [1.165, 1.54) is 12.1 Å². The largest absolute Gasteiger partial charge is 0.505 e. The molecule has 2 N–H and O–H groups in total. The van der Waals surface area contributed by atoms with Gasteiger partial charge in [-0.2, -0.15) is 0 Å². The van der Waals surface area contributed by atoms with Crippen molar-refractivity contribution in [1.29, 1.82) is 0 Å². The molecule has 0 saturated carbocycles. The van der Waals surface area contributed by atoms with Crippen molar-refractivity contribution >= 4 is 5.69 Å². The zero-order valence-corrected chi connectivity index (χ0v) is 11.3. The molecule has 4 nitrogen and oxygen atoms in total. The van der Waals surface area contributed by atoms with Gasteiger partial charge in [-0.3, -0.25) is 0 Å². The number of anilines is 1. The van der Waals surface area contributed by atoms with Crippen LogP contribution in [0.2, 0.25) is 0 Å². The Bertz CT molecular complexity index is 602. The molecule has 20 heavy (non-hydrogen) atoms. The number of phenols is 1. The molecule has 0 aromatic heterocycles. The van der Waals surface area contributed by atoms with E-state index in [1.54, 1.807) is 20.3 Å². The summed E-state index contributed by atoms with van der Waals surface area (Å²) in [6, 6.07) is 9.62. The highest BCUT2D eigenvalue weighted by Gasteiger charge is 2.06. The summed E-state index contributed by atoms with van der Waals surface area (Å²) in [6.07, 6.45) is 0. The molecule has 0 aliphatic heterocycles. The molecular formula is C15H16FNO3. The molecule has 106 valence electrons. The van der Waals surface area contributed by atoms with E-state index < -0.39 is 5.82 Å². The highest BCUT2D eigenvalue weighted by atomic mass is 19.1. The summed E-state index contributed by atoms with van der Waals surface area (Å²) in [4.78, 5) is 0.